The molecular weight excluding hydrogens is 513 g/mol. The van der Waals surface area contributed by atoms with Crippen LogP contribution in [0.4, 0.5) is 10.1 Å². The summed E-state index contributed by atoms with van der Waals surface area (Å²) in [4.78, 5) is 21.0. The molecule has 1 aliphatic rings. The van der Waals surface area contributed by atoms with Crippen molar-refractivity contribution in [3.8, 4) is 11.5 Å². The molecule has 1 fully saturated rings. The summed E-state index contributed by atoms with van der Waals surface area (Å²) in [5.74, 6) is 1.09. The second kappa shape index (κ2) is 10.8. The SMILES string of the molecule is COc1ccc2cc([C@@H](c3nnnn3Cc3ccc(F)cc3)N3CCN(c4ccc(O)cc4)CC3)c(=O)[nH]c2c1. The third-order valence-corrected chi connectivity index (χ3v) is 7.32. The van der Waals surface area contributed by atoms with Crippen molar-refractivity contribution < 1.29 is 14.2 Å². The summed E-state index contributed by atoms with van der Waals surface area (Å²) in [7, 11) is 1.59. The third kappa shape index (κ3) is 5.10. The van der Waals surface area contributed by atoms with Crippen LogP contribution in [0.25, 0.3) is 10.9 Å². The maximum atomic E-state index is 13.6. The number of rotatable bonds is 7. The van der Waals surface area contributed by atoms with Crippen molar-refractivity contribution in [2.45, 2.75) is 12.6 Å². The number of ether oxygens (including phenoxy) is 1. The van der Waals surface area contributed by atoms with Crippen LogP contribution in [0.15, 0.2) is 77.6 Å². The molecule has 10 nitrogen and oxygen atoms in total. The number of methoxy groups -OCH3 is 1. The molecule has 1 saturated heterocycles. The molecule has 0 aliphatic carbocycles. The molecule has 1 aliphatic heterocycles. The lowest BCUT2D eigenvalue weighted by Gasteiger charge is -2.39. The highest BCUT2D eigenvalue weighted by Crippen LogP contribution is 2.30. The van der Waals surface area contributed by atoms with Gasteiger partial charge in [0.2, 0.25) is 0 Å². The van der Waals surface area contributed by atoms with Gasteiger partial charge in [-0.15, -0.1) is 5.10 Å². The first-order valence-corrected chi connectivity index (χ1v) is 13.0. The van der Waals surface area contributed by atoms with E-state index in [0.717, 1.165) is 16.6 Å². The standard InChI is InChI=1S/C29H28FN7O3/c1-40-24-11-4-20-16-25(29(39)31-26(20)17-24)27(28-32-33-34-37(28)18-19-2-5-21(30)6-3-19)36-14-12-35(13-15-36)22-7-9-23(38)10-8-22/h2-11,16-17,27,38H,12-15,18H2,1H3,(H,31,39)/t27-/m0/s1. The van der Waals surface area contributed by atoms with E-state index in [1.807, 2.05) is 30.3 Å². The minimum absolute atomic E-state index is 0.226. The summed E-state index contributed by atoms with van der Waals surface area (Å²) in [6.45, 7) is 3.05. The number of piperazine rings is 1. The molecule has 2 N–H and O–H groups in total. The van der Waals surface area contributed by atoms with E-state index in [1.165, 1.54) is 12.1 Å². The van der Waals surface area contributed by atoms with Crippen LogP contribution in [-0.4, -0.2) is 68.5 Å². The topological polar surface area (TPSA) is 112 Å². The van der Waals surface area contributed by atoms with Gasteiger partial charge >= 0.3 is 0 Å². The van der Waals surface area contributed by atoms with E-state index in [2.05, 4.69) is 30.3 Å². The minimum Gasteiger partial charge on any atom is -0.508 e. The van der Waals surface area contributed by atoms with Crippen molar-refractivity contribution in [3.63, 3.8) is 0 Å². The Labute approximate surface area is 229 Å². The Morgan fingerprint density at radius 3 is 2.48 bits per heavy atom. The Bertz CT molecular complexity index is 1680. The van der Waals surface area contributed by atoms with Gasteiger partial charge in [0.05, 0.1) is 19.2 Å². The Morgan fingerprint density at radius 2 is 1.75 bits per heavy atom. The van der Waals surface area contributed by atoms with Crippen LogP contribution < -0.4 is 15.2 Å². The van der Waals surface area contributed by atoms with E-state index < -0.39 is 6.04 Å². The van der Waals surface area contributed by atoms with Crippen LogP contribution in [0.3, 0.4) is 0 Å². The fraction of sp³-hybridized carbons (Fsp3) is 0.241. The largest absolute Gasteiger partial charge is 0.508 e. The second-order valence-electron chi connectivity index (χ2n) is 9.77. The van der Waals surface area contributed by atoms with Gasteiger partial charge in [0.15, 0.2) is 5.82 Å². The maximum Gasteiger partial charge on any atom is 0.253 e. The average molecular weight is 542 g/mol. The van der Waals surface area contributed by atoms with Crippen LogP contribution >= 0.6 is 0 Å². The number of anilines is 1. The van der Waals surface area contributed by atoms with Crippen molar-refractivity contribution in [2.75, 3.05) is 38.2 Å². The predicted octanol–water partition coefficient (Wildman–Crippen LogP) is 3.33. The van der Waals surface area contributed by atoms with Crippen LogP contribution in [0.1, 0.15) is 23.0 Å². The number of tetrazole rings is 1. The molecule has 0 spiro atoms. The van der Waals surface area contributed by atoms with Gasteiger partial charge in [0.25, 0.3) is 5.56 Å². The average Bonchev–Trinajstić information content (AvgIpc) is 3.42. The molecule has 6 rings (SSSR count). The van der Waals surface area contributed by atoms with E-state index in [1.54, 1.807) is 42.1 Å². The molecule has 40 heavy (non-hydrogen) atoms. The molecule has 1 atom stereocenters. The summed E-state index contributed by atoms with van der Waals surface area (Å²) < 4.78 is 20.5. The van der Waals surface area contributed by atoms with Gasteiger partial charge in [-0.1, -0.05) is 12.1 Å². The molecule has 3 aromatic carbocycles. The number of fused-ring (bicyclic) bond motifs is 1. The van der Waals surface area contributed by atoms with E-state index in [9.17, 15) is 14.3 Å². The maximum absolute atomic E-state index is 13.6. The summed E-state index contributed by atoms with van der Waals surface area (Å²) in [6, 6.07) is 20.3. The number of benzene rings is 3. The number of phenols is 1. The highest BCUT2D eigenvalue weighted by molar-refractivity contribution is 5.80. The zero-order valence-corrected chi connectivity index (χ0v) is 21.9. The van der Waals surface area contributed by atoms with Gasteiger partial charge in [-0.25, -0.2) is 9.07 Å². The summed E-state index contributed by atoms with van der Waals surface area (Å²) in [6.07, 6.45) is 0. The lowest BCUT2D eigenvalue weighted by molar-refractivity contribution is 0.200. The number of phenolic OH excluding ortho intramolecular Hbond substituents is 1. The molecule has 11 heteroatoms. The summed E-state index contributed by atoms with van der Waals surface area (Å²) >= 11 is 0. The van der Waals surface area contributed by atoms with Gasteiger partial charge in [0.1, 0.15) is 23.4 Å². The molecule has 0 bridgehead atoms. The summed E-state index contributed by atoms with van der Waals surface area (Å²) in [5.41, 5.74) is 2.84. The number of aromatic amines is 1. The lowest BCUT2D eigenvalue weighted by atomic mass is 10.0. The molecule has 204 valence electrons. The van der Waals surface area contributed by atoms with Crippen LogP contribution in [-0.2, 0) is 6.54 Å². The number of halogens is 1. The molecule has 0 radical (unpaired) electrons. The van der Waals surface area contributed by atoms with Crippen molar-refractivity contribution in [1.82, 2.24) is 30.1 Å². The van der Waals surface area contributed by atoms with Crippen molar-refractivity contribution in [2.24, 2.45) is 0 Å². The monoisotopic (exact) mass is 541 g/mol. The summed E-state index contributed by atoms with van der Waals surface area (Å²) in [5, 5.41) is 23.1. The van der Waals surface area contributed by atoms with Gasteiger partial charge < -0.3 is 19.7 Å². The van der Waals surface area contributed by atoms with Gasteiger partial charge in [-0.05, 0) is 76.0 Å². The Balaban J connectivity index is 1.37. The number of nitrogens with one attached hydrogen (secondary N) is 1. The van der Waals surface area contributed by atoms with E-state index in [0.29, 0.717) is 55.4 Å². The predicted molar refractivity (Wildman–Crippen MR) is 148 cm³/mol. The Hall–Kier alpha value is -4.77. The van der Waals surface area contributed by atoms with E-state index >= 15 is 0 Å². The highest BCUT2D eigenvalue weighted by atomic mass is 19.1. The lowest BCUT2D eigenvalue weighted by Crippen LogP contribution is -2.49. The molecule has 2 aromatic heterocycles. The number of aromatic nitrogens is 5. The van der Waals surface area contributed by atoms with Crippen LogP contribution in [0.5, 0.6) is 11.5 Å². The van der Waals surface area contributed by atoms with Gasteiger partial charge in [-0.3, -0.25) is 9.69 Å². The van der Waals surface area contributed by atoms with Gasteiger partial charge in [-0.2, -0.15) is 0 Å². The normalized spacial score (nSPS) is 14.9. The molecule has 0 saturated carbocycles. The number of aromatic hydroxyl groups is 1. The second-order valence-corrected chi connectivity index (χ2v) is 9.77. The van der Waals surface area contributed by atoms with E-state index in [4.69, 9.17) is 4.74 Å². The fourth-order valence-corrected chi connectivity index (χ4v) is 5.21. The highest BCUT2D eigenvalue weighted by Gasteiger charge is 2.33. The Kier molecular flexibility index (Phi) is 6.87. The zero-order chi connectivity index (χ0) is 27.6. The fourth-order valence-electron chi connectivity index (χ4n) is 5.21. The number of nitrogens with zero attached hydrogens (tertiary/aromatic N) is 6. The number of H-pyrrole nitrogens is 1. The Morgan fingerprint density at radius 1 is 1.00 bits per heavy atom. The van der Waals surface area contributed by atoms with Crippen molar-refractivity contribution in [1.29, 1.82) is 0 Å². The first kappa shape index (κ1) is 25.5. The zero-order valence-electron chi connectivity index (χ0n) is 21.9. The van der Waals surface area contributed by atoms with Crippen LogP contribution in [0.2, 0.25) is 0 Å². The van der Waals surface area contributed by atoms with Crippen LogP contribution in [0, 0.1) is 5.82 Å². The molecule has 0 amide bonds. The smallest absolute Gasteiger partial charge is 0.253 e. The van der Waals surface area contributed by atoms with Gasteiger partial charge in [0, 0.05) is 43.5 Å². The number of pyridine rings is 1. The first-order chi connectivity index (χ1) is 19.5. The quantitative estimate of drug-likeness (QED) is 0.323. The third-order valence-electron chi connectivity index (χ3n) is 7.32. The first-order valence-electron chi connectivity index (χ1n) is 13.0. The molecule has 3 heterocycles. The molecular formula is C29H28FN7O3. The number of hydrogen-bond donors (Lipinski definition) is 2. The number of hydrogen-bond acceptors (Lipinski definition) is 8. The molecule has 0 unspecified atom stereocenters. The van der Waals surface area contributed by atoms with Crippen molar-refractivity contribution in [3.05, 3.63) is 106 Å². The van der Waals surface area contributed by atoms with Crippen molar-refractivity contribution >= 4 is 16.6 Å². The van der Waals surface area contributed by atoms with E-state index in [-0.39, 0.29) is 17.1 Å². The minimum atomic E-state index is -0.521. The molecule has 5 aromatic rings.